The molecule has 2 aromatic rings. The van der Waals surface area contributed by atoms with Gasteiger partial charge in [-0.15, -0.1) is 0 Å². The van der Waals surface area contributed by atoms with Gasteiger partial charge in [0.25, 0.3) is 5.91 Å². The van der Waals surface area contributed by atoms with Gasteiger partial charge in [0.15, 0.2) is 0 Å². The number of benzene rings is 1. The Hall–Kier alpha value is -1.82. The molecule has 1 aromatic carbocycles. The van der Waals surface area contributed by atoms with Gasteiger partial charge in [-0.05, 0) is 30.7 Å². The monoisotopic (exact) mass is 383 g/mol. The van der Waals surface area contributed by atoms with E-state index in [9.17, 15) is 9.59 Å². The number of nitrogens with one attached hydrogen (secondary N) is 1. The Balaban J connectivity index is 1.84. The zero-order chi connectivity index (χ0) is 17.3. The molecule has 0 aliphatic carbocycles. The van der Waals surface area contributed by atoms with Crippen molar-refractivity contribution in [3.8, 4) is 0 Å². The Morgan fingerprint density at radius 2 is 1.96 bits per heavy atom. The Morgan fingerprint density at radius 1 is 1.17 bits per heavy atom. The standard InChI is InChI=1S/C16H12Cl3N3O2/c17-11-4-3-10(22-5-1-2-14(22)23)7-13(11)21-16(24)9-6-12(18)15(19)20-8-9/h3-4,6-8H,1-2,5H2,(H,21,24). The number of amides is 2. The summed E-state index contributed by atoms with van der Waals surface area (Å²) in [5.41, 5.74) is 1.36. The zero-order valence-corrected chi connectivity index (χ0v) is 14.6. The van der Waals surface area contributed by atoms with Gasteiger partial charge in [0.2, 0.25) is 5.91 Å². The number of rotatable bonds is 3. The van der Waals surface area contributed by atoms with Gasteiger partial charge in [-0.25, -0.2) is 4.98 Å². The van der Waals surface area contributed by atoms with Gasteiger partial charge in [-0.1, -0.05) is 34.8 Å². The van der Waals surface area contributed by atoms with Gasteiger partial charge in [0.1, 0.15) is 5.15 Å². The average Bonchev–Trinajstić information content (AvgIpc) is 2.98. The molecule has 124 valence electrons. The second-order valence-corrected chi connectivity index (χ2v) is 6.44. The number of carbonyl (C=O) groups is 2. The first-order valence-electron chi connectivity index (χ1n) is 7.18. The quantitative estimate of drug-likeness (QED) is 0.797. The Labute approximate surface area is 153 Å². The SMILES string of the molecule is O=C(Nc1cc(N2CCCC2=O)ccc1Cl)c1cnc(Cl)c(Cl)c1. The summed E-state index contributed by atoms with van der Waals surface area (Å²) in [7, 11) is 0. The molecular formula is C16H12Cl3N3O2. The van der Waals surface area contributed by atoms with Crippen molar-refractivity contribution < 1.29 is 9.59 Å². The van der Waals surface area contributed by atoms with Crippen molar-refractivity contribution in [2.75, 3.05) is 16.8 Å². The fourth-order valence-corrected chi connectivity index (χ4v) is 2.87. The number of nitrogens with zero attached hydrogens (tertiary/aromatic N) is 2. The smallest absolute Gasteiger partial charge is 0.257 e. The Bertz CT molecular complexity index is 826. The van der Waals surface area contributed by atoms with Gasteiger partial charge in [-0.3, -0.25) is 9.59 Å². The minimum atomic E-state index is -0.423. The number of pyridine rings is 1. The topological polar surface area (TPSA) is 62.3 Å². The minimum Gasteiger partial charge on any atom is -0.321 e. The van der Waals surface area contributed by atoms with Crippen LogP contribution in [-0.4, -0.2) is 23.3 Å². The molecule has 1 N–H and O–H groups in total. The molecule has 1 aliphatic rings. The highest BCUT2D eigenvalue weighted by Crippen LogP contribution is 2.30. The molecule has 0 radical (unpaired) electrons. The van der Waals surface area contributed by atoms with E-state index in [1.165, 1.54) is 12.3 Å². The van der Waals surface area contributed by atoms with Crippen molar-refractivity contribution in [2.24, 2.45) is 0 Å². The average molecular weight is 385 g/mol. The van der Waals surface area contributed by atoms with Crippen molar-refractivity contribution in [3.63, 3.8) is 0 Å². The summed E-state index contributed by atoms with van der Waals surface area (Å²) in [6.45, 7) is 0.657. The molecule has 0 saturated carbocycles. The van der Waals surface area contributed by atoms with Gasteiger partial charge in [0, 0.05) is 24.8 Å². The summed E-state index contributed by atoms with van der Waals surface area (Å²) in [5, 5.41) is 3.38. The zero-order valence-electron chi connectivity index (χ0n) is 12.4. The van der Waals surface area contributed by atoms with Crippen LogP contribution in [0.3, 0.4) is 0 Å². The van der Waals surface area contributed by atoms with E-state index in [1.807, 2.05) is 0 Å². The first-order valence-corrected chi connectivity index (χ1v) is 8.31. The van der Waals surface area contributed by atoms with E-state index in [1.54, 1.807) is 23.1 Å². The van der Waals surface area contributed by atoms with E-state index < -0.39 is 5.91 Å². The van der Waals surface area contributed by atoms with Crippen LogP contribution in [0.15, 0.2) is 30.5 Å². The molecule has 0 bridgehead atoms. The summed E-state index contributed by atoms with van der Waals surface area (Å²) in [5.74, 6) is -0.365. The van der Waals surface area contributed by atoms with E-state index in [0.29, 0.717) is 29.4 Å². The fraction of sp³-hybridized carbons (Fsp3) is 0.188. The molecular weight excluding hydrogens is 373 g/mol. The number of hydrogen-bond donors (Lipinski definition) is 1. The number of hydrogen-bond acceptors (Lipinski definition) is 3. The lowest BCUT2D eigenvalue weighted by Gasteiger charge is -2.17. The van der Waals surface area contributed by atoms with E-state index in [-0.39, 0.29) is 21.6 Å². The van der Waals surface area contributed by atoms with Gasteiger partial charge >= 0.3 is 0 Å². The van der Waals surface area contributed by atoms with Crippen LogP contribution in [-0.2, 0) is 4.79 Å². The lowest BCUT2D eigenvalue weighted by molar-refractivity contribution is -0.117. The fourth-order valence-electron chi connectivity index (χ4n) is 2.44. The van der Waals surface area contributed by atoms with Gasteiger partial charge in [0.05, 0.1) is 21.3 Å². The predicted octanol–water partition coefficient (Wildman–Crippen LogP) is 4.42. The maximum atomic E-state index is 12.3. The Morgan fingerprint density at radius 3 is 2.62 bits per heavy atom. The van der Waals surface area contributed by atoms with Crippen molar-refractivity contribution >= 4 is 58.0 Å². The molecule has 0 spiro atoms. The maximum Gasteiger partial charge on any atom is 0.257 e. The number of aromatic nitrogens is 1. The third kappa shape index (κ3) is 3.48. The van der Waals surface area contributed by atoms with Crippen LogP contribution in [0.2, 0.25) is 15.2 Å². The minimum absolute atomic E-state index is 0.0586. The maximum absolute atomic E-state index is 12.3. The number of halogens is 3. The lowest BCUT2D eigenvalue weighted by Crippen LogP contribution is -2.23. The molecule has 3 rings (SSSR count). The highest BCUT2D eigenvalue weighted by atomic mass is 35.5. The van der Waals surface area contributed by atoms with Crippen molar-refractivity contribution in [2.45, 2.75) is 12.8 Å². The highest BCUT2D eigenvalue weighted by Gasteiger charge is 2.22. The van der Waals surface area contributed by atoms with E-state index in [2.05, 4.69) is 10.3 Å². The van der Waals surface area contributed by atoms with Crippen molar-refractivity contribution in [3.05, 3.63) is 51.2 Å². The van der Waals surface area contributed by atoms with Gasteiger partial charge in [-0.2, -0.15) is 0 Å². The largest absolute Gasteiger partial charge is 0.321 e. The third-order valence-corrected chi connectivity index (χ3v) is 4.66. The van der Waals surface area contributed by atoms with Crippen LogP contribution in [0, 0.1) is 0 Å². The predicted molar refractivity (Wildman–Crippen MR) is 95.2 cm³/mol. The second-order valence-electron chi connectivity index (χ2n) is 5.26. The summed E-state index contributed by atoms with van der Waals surface area (Å²) in [6.07, 6.45) is 2.67. The van der Waals surface area contributed by atoms with Crippen LogP contribution in [0.5, 0.6) is 0 Å². The summed E-state index contributed by atoms with van der Waals surface area (Å²) < 4.78 is 0. The van der Waals surface area contributed by atoms with Gasteiger partial charge < -0.3 is 10.2 Å². The molecule has 2 amide bonds. The molecule has 1 saturated heterocycles. The molecule has 1 aliphatic heterocycles. The third-order valence-electron chi connectivity index (χ3n) is 3.64. The highest BCUT2D eigenvalue weighted by molar-refractivity contribution is 6.41. The van der Waals surface area contributed by atoms with Crippen molar-refractivity contribution in [1.29, 1.82) is 0 Å². The molecule has 0 unspecified atom stereocenters. The summed E-state index contributed by atoms with van der Waals surface area (Å²) in [4.78, 5) is 29.7. The number of anilines is 2. The van der Waals surface area contributed by atoms with E-state index in [0.717, 1.165) is 6.42 Å². The van der Waals surface area contributed by atoms with Crippen LogP contribution >= 0.6 is 34.8 Å². The first kappa shape index (κ1) is 17.0. The second kappa shape index (κ2) is 6.97. The first-order chi connectivity index (χ1) is 11.5. The molecule has 0 atom stereocenters. The molecule has 1 aromatic heterocycles. The normalized spacial score (nSPS) is 14.1. The van der Waals surface area contributed by atoms with Crippen molar-refractivity contribution in [1.82, 2.24) is 4.98 Å². The summed E-state index contributed by atoms with van der Waals surface area (Å²) in [6, 6.07) is 6.50. The van der Waals surface area contributed by atoms with Crippen LogP contribution in [0.4, 0.5) is 11.4 Å². The lowest BCUT2D eigenvalue weighted by atomic mass is 10.2. The molecule has 2 heterocycles. The summed E-state index contributed by atoms with van der Waals surface area (Å²) >= 11 is 17.8. The molecule has 1 fully saturated rings. The Kier molecular flexibility index (Phi) is 4.94. The molecule has 24 heavy (non-hydrogen) atoms. The van der Waals surface area contributed by atoms with E-state index >= 15 is 0 Å². The number of carbonyl (C=O) groups excluding carboxylic acids is 2. The van der Waals surface area contributed by atoms with Crippen LogP contribution in [0.25, 0.3) is 0 Å². The van der Waals surface area contributed by atoms with E-state index in [4.69, 9.17) is 34.8 Å². The molecule has 8 heteroatoms. The van der Waals surface area contributed by atoms with Crippen LogP contribution in [0.1, 0.15) is 23.2 Å². The molecule has 5 nitrogen and oxygen atoms in total. The van der Waals surface area contributed by atoms with Crippen LogP contribution < -0.4 is 10.2 Å².